The van der Waals surface area contributed by atoms with Gasteiger partial charge in [0.25, 0.3) is 0 Å². The molecule has 1 nitrogen and oxygen atoms in total. The zero-order valence-electron chi connectivity index (χ0n) is 10.6. The van der Waals surface area contributed by atoms with E-state index >= 15 is 0 Å². The van der Waals surface area contributed by atoms with Gasteiger partial charge in [-0.3, -0.25) is 0 Å². The van der Waals surface area contributed by atoms with Gasteiger partial charge in [0.15, 0.2) is 0 Å². The zero-order valence-corrected chi connectivity index (χ0v) is 11.4. The second-order valence-electron chi connectivity index (χ2n) is 4.39. The highest BCUT2D eigenvalue weighted by atomic mass is 32.2. The molecule has 0 aliphatic rings. The fourth-order valence-corrected chi connectivity index (χ4v) is 2.64. The number of hydrogen-bond acceptors (Lipinski definition) is 2. The quantitative estimate of drug-likeness (QED) is 0.845. The van der Waals surface area contributed by atoms with Gasteiger partial charge in [-0.05, 0) is 36.2 Å². The molecule has 0 radical (unpaired) electrons. The molecule has 0 amide bonds. The maximum Gasteiger partial charge on any atom is 0.130 e. The monoisotopic (exact) mass is 279 g/mol. The Morgan fingerprint density at radius 2 is 1.95 bits per heavy atom. The number of halogens is 2. The molecule has 2 aromatic carbocycles. The summed E-state index contributed by atoms with van der Waals surface area (Å²) >= 11 is 1.51. The molecule has 0 aromatic heterocycles. The minimum Gasteiger partial charge on any atom is -0.324 e. The van der Waals surface area contributed by atoms with Crippen molar-refractivity contribution in [3.8, 4) is 0 Å². The van der Waals surface area contributed by atoms with Gasteiger partial charge in [0.2, 0.25) is 0 Å². The van der Waals surface area contributed by atoms with E-state index in [2.05, 4.69) is 0 Å². The van der Waals surface area contributed by atoms with Crippen molar-refractivity contribution < 1.29 is 8.78 Å². The van der Waals surface area contributed by atoms with Crippen molar-refractivity contribution in [1.82, 2.24) is 0 Å². The normalized spacial score (nSPS) is 12.4. The Labute approximate surface area is 115 Å². The van der Waals surface area contributed by atoms with Crippen LogP contribution in [0.15, 0.2) is 47.4 Å². The van der Waals surface area contributed by atoms with E-state index in [1.54, 1.807) is 0 Å². The van der Waals surface area contributed by atoms with Crippen LogP contribution in [0.5, 0.6) is 0 Å². The summed E-state index contributed by atoms with van der Waals surface area (Å²) in [6, 6.07) is 11.5. The molecular weight excluding hydrogens is 264 g/mol. The summed E-state index contributed by atoms with van der Waals surface area (Å²) in [6.45, 7) is 1.92. The average Bonchev–Trinajstić information content (AvgIpc) is 2.38. The van der Waals surface area contributed by atoms with Crippen LogP contribution >= 0.6 is 11.8 Å². The lowest BCUT2D eigenvalue weighted by Gasteiger charge is -2.08. The molecule has 1 atom stereocenters. The minimum absolute atomic E-state index is 0.0249. The van der Waals surface area contributed by atoms with Gasteiger partial charge in [0.05, 0.1) is 0 Å². The molecule has 0 fully saturated rings. The standard InChI is InChI=1S/C15H15F2NS/c1-10(18)11-3-2-4-14(7-11)19-9-12-5-6-13(16)8-15(12)17/h2-8,10H,9,18H2,1H3. The zero-order chi connectivity index (χ0) is 13.8. The lowest BCUT2D eigenvalue weighted by atomic mass is 10.1. The van der Waals surface area contributed by atoms with Crippen LogP contribution in [-0.4, -0.2) is 0 Å². The topological polar surface area (TPSA) is 26.0 Å². The van der Waals surface area contributed by atoms with E-state index in [0.717, 1.165) is 16.5 Å². The maximum atomic E-state index is 13.5. The van der Waals surface area contributed by atoms with Crippen LogP contribution in [0.2, 0.25) is 0 Å². The molecule has 0 aliphatic heterocycles. The minimum atomic E-state index is -0.551. The summed E-state index contributed by atoms with van der Waals surface area (Å²) in [5, 5.41) is 0. The lowest BCUT2D eigenvalue weighted by Crippen LogP contribution is -2.04. The smallest absolute Gasteiger partial charge is 0.130 e. The third-order valence-corrected chi connectivity index (χ3v) is 3.84. The highest BCUT2D eigenvalue weighted by Crippen LogP contribution is 2.26. The van der Waals surface area contributed by atoms with Crippen LogP contribution < -0.4 is 5.73 Å². The van der Waals surface area contributed by atoms with Crippen molar-refractivity contribution >= 4 is 11.8 Å². The largest absolute Gasteiger partial charge is 0.324 e. The summed E-state index contributed by atoms with van der Waals surface area (Å²) in [6.07, 6.45) is 0. The van der Waals surface area contributed by atoms with E-state index in [-0.39, 0.29) is 6.04 Å². The van der Waals surface area contributed by atoms with Crippen LogP contribution in [-0.2, 0) is 5.75 Å². The first-order valence-electron chi connectivity index (χ1n) is 5.98. The Balaban J connectivity index is 2.08. The third kappa shape index (κ3) is 3.78. The highest BCUT2D eigenvalue weighted by molar-refractivity contribution is 7.98. The van der Waals surface area contributed by atoms with Gasteiger partial charge in [0.1, 0.15) is 11.6 Å². The number of rotatable bonds is 4. The van der Waals surface area contributed by atoms with Crippen LogP contribution in [0.1, 0.15) is 24.1 Å². The molecule has 2 N–H and O–H groups in total. The molecule has 100 valence electrons. The second kappa shape index (κ2) is 6.17. The van der Waals surface area contributed by atoms with Gasteiger partial charge in [-0.15, -0.1) is 11.8 Å². The van der Waals surface area contributed by atoms with Crippen molar-refractivity contribution in [2.45, 2.75) is 23.6 Å². The molecule has 0 saturated heterocycles. The molecule has 2 rings (SSSR count). The van der Waals surface area contributed by atoms with Crippen LogP contribution in [0.25, 0.3) is 0 Å². The molecular formula is C15H15F2NS. The fraction of sp³-hybridized carbons (Fsp3) is 0.200. The van der Waals surface area contributed by atoms with Crippen LogP contribution in [0.4, 0.5) is 8.78 Å². The SMILES string of the molecule is CC(N)c1cccc(SCc2ccc(F)cc2F)c1. The summed E-state index contributed by atoms with van der Waals surface area (Å²) in [5.41, 5.74) is 7.36. The lowest BCUT2D eigenvalue weighted by molar-refractivity contribution is 0.576. The number of nitrogens with two attached hydrogens (primary N) is 1. The van der Waals surface area contributed by atoms with Crippen LogP contribution in [0, 0.1) is 11.6 Å². The van der Waals surface area contributed by atoms with Crippen molar-refractivity contribution in [2.75, 3.05) is 0 Å². The van der Waals surface area contributed by atoms with E-state index in [0.29, 0.717) is 11.3 Å². The van der Waals surface area contributed by atoms with Gasteiger partial charge in [-0.1, -0.05) is 18.2 Å². The van der Waals surface area contributed by atoms with Gasteiger partial charge in [-0.25, -0.2) is 8.78 Å². The molecule has 0 aliphatic carbocycles. The predicted molar refractivity (Wildman–Crippen MR) is 75.0 cm³/mol. The van der Waals surface area contributed by atoms with Gasteiger partial charge < -0.3 is 5.73 Å². The van der Waals surface area contributed by atoms with E-state index in [4.69, 9.17) is 5.73 Å². The second-order valence-corrected chi connectivity index (χ2v) is 5.43. The molecule has 0 spiro atoms. The molecule has 4 heteroatoms. The molecule has 0 saturated carbocycles. The Hall–Kier alpha value is -1.39. The molecule has 0 heterocycles. The summed E-state index contributed by atoms with van der Waals surface area (Å²) in [7, 11) is 0. The van der Waals surface area contributed by atoms with Crippen molar-refractivity contribution in [1.29, 1.82) is 0 Å². The predicted octanol–water partition coefficient (Wildman–Crippen LogP) is 4.28. The van der Waals surface area contributed by atoms with Gasteiger partial charge in [-0.2, -0.15) is 0 Å². The van der Waals surface area contributed by atoms with Crippen LogP contribution in [0.3, 0.4) is 0 Å². The average molecular weight is 279 g/mol. The fourth-order valence-electron chi connectivity index (χ4n) is 1.69. The Morgan fingerprint density at radius 3 is 2.63 bits per heavy atom. The molecule has 1 unspecified atom stereocenters. The van der Waals surface area contributed by atoms with E-state index in [1.165, 1.54) is 23.9 Å². The Kier molecular flexibility index (Phi) is 4.56. The molecule has 2 aromatic rings. The maximum absolute atomic E-state index is 13.5. The third-order valence-electron chi connectivity index (χ3n) is 2.79. The first-order chi connectivity index (χ1) is 9.06. The number of hydrogen-bond donors (Lipinski definition) is 1. The summed E-state index contributed by atoms with van der Waals surface area (Å²) in [5.74, 6) is -0.588. The number of thioether (sulfide) groups is 1. The molecule has 19 heavy (non-hydrogen) atoms. The van der Waals surface area contributed by atoms with Gasteiger partial charge in [0, 0.05) is 22.8 Å². The van der Waals surface area contributed by atoms with Crippen molar-refractivity contribution in [3.63, 3.8) is 0 Å². The van der Waals surface area contributed by atoms with E-state index < -0.39 is 11.6 Å². The van der Waals surface area contributed by atoms with Crippen molar-refractivity contribution in [2.24, 2.45) is 5.73 Å². The Bertz CT molecular complexity index is 570. The van der Waals surface area contributed by atoms with Crippen molar-refractivity contribution in [3.05, 3.63) is 65.2 Å². The summed E-state index contributed by atoms with van der Waals surface area (Å²) in [4.78, 5) is 1.03. The molecule has 0 bridgehead atoms. The summed E-state index contributed by atoms with van der Waals surface area (Å²) < 4.78 is 26.3. The highest BCUT2D eigenvalue weighted by Gasteiger charge is 2.06. The number of benzene rings is 2. The van der Waals surface area contributed by atoms with E-state index in [1.807, 2.05) is 31.2 Å². The first kappa shape index (κ1) is 14.0. The Morgan fingerprint density at radius 1 is 1.16 bits per heavy atom. The van der Waals surface area contributed by atoms with E-state index in [9.17, 15) is 8.78 Å². The van der Waals surface area contributed by atoms with Gasteiger partial charge >= 0.3 is 0 Å². The first-order valence-corrected chi connectivity index (χ1v) is 6.97.